The van der Waals surface area contributed by atoms with E-state index >= 15 is 0 Å². The summed E-state index contributed by atoms with van der Waals surface area (Å²) in [4.78, 5) is 3.92. The number of anilines is 2. The Labute approximate surface area is 124 Å². The lowest BCUT2D eigenvalue weighted by molar-refractivity contribution is 0.623. The summed E-state index contributed by atoms with van der Waals surface area (Å²) in [6.07, 6.45) is 0. The Kier molecular flexibility index (Phi) is 4.44. The number of benzene rings is 2. The van der Waals surface area contributed by atoms with Gasteiger partial charge in [0.2, 0.25) is 0 Å². The third-order valence-corrected chi connectivity index (χ3v) is 3.36. The molecule has 0 amide bonds. The van der Waals surface area contributed by atoms with Crippen LogP contribution in [0.3, 0.4) is 0 Å². The maximum atomic E-state index is 13.7. The molecule has 0 unspecified atom stereocenters. The van der Waals surface area contributed by atoms with Crippen LogP contribution in [0.2, 0.25) is 0 Å². The van der Waals surface area contributed by atoms with Crippen LogP contribution in [-0.4, -0.2) is 21.1 Å². The maximum Gasteiger partial charge on any atom is 0.143 e. The first kappa shape index (κ1) is 14.9. The van der Waals surface area contributed by atoms with Gasteiger partial charge in [0, 0.05) is 33.4 Å². The van der Waals surface area contributed by atoms with Gasteiger partial charge in [0.05, 0.1) is 5.69 Å². The van der Waals surface area contributed by atoms with Crippen molar-refractivity contribution in [1.82, 2.24) is 0 Å². The SMILES string of the molecule is CN(C)c1cccc(CN(C)c2cccc(F)c2C#N)c1. The van der Waals surface area contributed by atoms with E-state index in [4.69, 9.17) is 5.26 Å². The van der Waals surface area contributed by atoms with Crippen LogP contribution in [0, 0.1) is 17.1 Å². The molecule has 21 heavy (non-hydrogen) atoms. The zero-order valence-electron chi connectivity index (χ0n) is 12.5. The van der Waals surface area contributed by atoms with Gasteiger partial charge in [-0.1, -0.05) is 18.2 Å². The Balaban J connectivity index is 2.27. The van der Waals surface area contributed by atoms with Gasteiger partial charge in [-0.3, -0.25) is 0 Å². The lowest BCUT2D eigenvalue weighted by atomic mass is 10.1. The second-order valence-corrected chi connectivity index (χ2v) is 5.17. The first-order chi connectivity index (χ1) is 10.0. The van der Waals surface area contributed by atoms with Crippen LogP contribution in [0.25, 0.3) is 0 Å². The van der Waals surface area contributed by atoms with Crippen LogP contribution < -0.4 is 9.80 Å². The first-order valence-electron chi connectivity index (χ1n) is 6.69. The van der Waals surface area contributed by atoms with Gasteiger partial charge in [-0.05, 0) is 29.8 Å². The smallest absolute Gasteiger partial charge is 0.143 e. The molecule has 0 fully saturated rings. The van der Waals surface area contributed by atoms with Crippen molar-refractivity contribution in [2.75, 3.05) is 30.9 Å². The minimum atomic E-state index is -0.483. The van der Waals surface area contributed by atoms with Gasteiger partial charge in [0.15, 0.2) is 0 Å². The average molecular weight is 283 g/mol. The predicted molar refractivity (Wildman–Crippen MR) is 84.0 cm³/mol. The molecule has 0 saturated carbocycles. The zero-order valence-corrected chi connectivity index (χ0v) is 12.5. The lowest BCUT2D eigenvalue weighted by Gasteiger charge is -2.22. The van der Waals surface area contributed by atoms with Gasteiger partial charge < -0.3 is 9.80 Å². The van der Waals surface area contributed by atoms with Crippen molar-refractivity contribution in [3.8, 4) is 6.07 Å². The Morgan fingerprint density at radius 3 is 2.48 bits per heavy atom. The second-order valence-electron chi connectivity index (χ2n) is 5.17. The topological polar surface area (TPSA) is 30.3 Å². The van der Waals surface area contributed by atoms with Crippen molar-refractivity contribution in [2.45, 2.75) is 6.54 Å². The van der Waals surface area contributed by atoms with E-state index < -0.39 is 5.82 Å². The first-order valence-corrected chi connectivity index (χ1v) is 6.69. The molecule has 2 aromatic rings. The van der Waals surface area contributed by atoms with Crippen LogP contribution in [0.15, 0.2) is 42.5 Å². The molecule has 108 valence electrons. The quantitative estimate of drug-likeness (QED) is 0.861. The summed E-state index contributed by atoms with van der Waals surface area (Å²) in [7, 11) is 5.84. The van der Waals surface area contributed by atoms with Crippen molar-refractivity contribution in [3.63, 3.8) is 0 Å². The predicted octanol–water partition coefficient (Wildman–Crippen LogP) is 3.40. The highest BCUT2D eigenvalue weighted by Gasteiger charge is 2.12. The second kappa shape index (κ2) is 6.27. The molecule has 4 heteroatoms. The summed E-state index contributed by atoms with van der Waals surface area (Å²) in [6, 6.07) is 14.8. The highest BCUT2D eigenvalue weighted by molar-refractivity contribution is 5.60. The van der Waals surface area contributed by atoms with Crippen molar-refractivity contribution in [1.29, 1.82) is 5.26 Å². The van der Waals surface area contributed by atoms with Crippen molar-refractivity contribution in [2.24, 2.45) is 0 Å². The van der Waals surface area contributed by atoms with Crippen LogP contribution in [0.1, 0.15) is 11.1 Å². The van der Waals surface area contributed by atoms with E-state index in [9.17, 15) is 4.39 Å². The fourth-order valence-corrected chi connectivity index (χ4v) is 2.23. The molecular weight excluding hydrogens is 265 g/mol. The molecule has 0 bridgehead atoms. The fourth-order valence-electron chi connectivity index (χ4n) is 2.23. The van der Waals surface area contributed by atoms with Crippen LogP contribution in [0.4, 0.5) is 15.8 Å². The molecule has 0 aliphatic rings. The third kappa shape index (κ3) is 3.32. The van der Waals surface area contributed by atoms with Gasteiger partial charge in [0.25, 0.3) is 0 Å². The van der Waals surface area contributed by atoms with Gasteiger partial charge in [-0.25, -0.2) is 4.39 Å². The molecule has 3 nitrogen and oxygen atoms in total. The molecule has 0 aliphatic heterocycles. The number of hydrogen-bond acceptors (Lipinski definition) is 3. The number of hydrogen-bond donors (Lipinski definition) is 0. The number of nitrogens with zero attached hydrogens (tertiary/aromatic N) is 3. The highest BCUT2D eigenvalue weighted by atomic mass is 19.1. The van der Waals surface area contributed by atoms with Crippen LogP contribution >= 0.6 is 0 Å². The normalized spacial score (nSPS) is 10.0. The fraction of sp³-hybridized carbons (Fsp3) is 0.235. The molecule has 0 saturated heterocycles. The molecule has 0 atom stereocenters. The minimum Gasteiger partial charge on any atom is -0.378 e. The largest absolute Gasteiger partial charge is 0.378 e. The van der Waals surface area contributed by atoms with E-state index in [1.54, 1.807) is 12.1 Å². The monoisotopic (exact) mass is 283 g/mol. The van der Waals surface area contributed by atoms with E-state index in [1.165, 1.54) is 6.07 Å². The average Bonchev–Trinajstić information content (AvgIpc) is 2.47. The molecule has 0 aromatic heterocycles. The summed E-state index contributed by atoms with van der Waals surface area (Å²) >= 11 is 0. The molecule has 0 spiro atoms. The molecule has 2 aromatic carbocycles. The molecule has 0 radical (unpaired) electrons. The van der Waals surface area contributed by atoms with E-state index in [0.717, 1.165) is 11.3 Å². The Morgan fingerprint density at radius 2 is 1.81 bits per heavy atom. The molecule has 0 heterocycles. The number of rotatable bonds is 4. The zero-order chi connectivity index (χ0) is 15.4. The summed E-state index contributed by atoms with van der Waals surface area (Å²) in [5.41, 5.74) is 2.91. The minimum absolute atomic E-state index is 0.0868. The third-order valence-electron chi connectivity index (χ3n) is 3.36. The molecule has 0 aliphatic carbocycles. The summed E-state index contributed by atoms with van der Waals surface area (Å²) in [6.45, 7) is 0.611. The van der Waals surface area contributed by atoms with E-state index in [0.29, 0.717) is 12.2 Å². The Morgan fingerprint density at radius 1 is 1.10 bits per heavy atom. The number of nitriles is 1. The van der Waals surface area contributed by atoms with Crippen LogP contribution in [0.5, 0.6) is 0 Å². The van der Waals surface area contributed by atoms with E-state index in [2.05, 4.69) is 6.07 Å². The summed E-state index contributed by atoms with van der Waals surface area (Å²) in [5.74, 6) is -0.483. The number of halogens is 1. The van der Waals surface area contributed by atoms with Crippen LogP contribution in [-0.2, 0) is 6.54 Å². The van der Waals surface area contributed by atoms with Gasteiger partial charge in [0.1, 0.15) is 17.4 Å². The standard InChI is InChI=1S/C17H18FN3/c1-20(2)14-7-4-6-13(10-14)12-21(3)17-9-5-8-16(18)15(17)11-19/h4-10H,12H2,1-3H3. The van der Waals surface area contributed by atoms with E-state index in [-0.39, 0.29) is 5.56 Å². The maximum absolute atomic E-state index is 13.7. The molecular formula is C17H18FN3. The Hall–Kier alpha value is -2.54. The summed E-state index contributed by atoms with van der Waals surface area (Å²) < 4.78 is 13.7. The van der Waals surface area contributed by atoms with E-state index in [1.807, 2.05) is 55.2 Å². The van der Waals surface area contributed by atoms with Gasteiger partial charge in [-0.15, -0.1) is 0 Å². The van der Waals surface area contributed by atoms with Crippen molar-refractivity contribution >= 4 is 11.4 Å². The highest BCUT2D eigenvalue weighted by Crippen LogP contribution is 2.23. The lowest BCUT2D eigenvalue weighted by Crippen LogP contribution is -2.18. The van der Waals surface area contributed by atoms with Crippen molar-refractivity contribution < 1.29 is 4.39 Å². The Bertz CT molecular complexity index is 674. The van der Waals surface area contributed by atoms with Gasteiger partial charge >= 0.3 is 0 Å². The van der Waals surface area contributed by atoms with Gasteiger partial charge in [-0.2, -0.15) is 5.26 Å². The summed E-state index contributed by atoms with van der Waals surface area (Å²) in [5, 5.41) is 9.11. The molecule has 2 rings (SSSR count). The molecule has 0 N–H and O–H groups in total. The van der Waals surface area contributed by atoms with Crippen molar-refractivity contribution in [3.05, 3.63) is 59.4 Å².